The molecule has 0 aliphatic heterocycles. The smallest absolute Gasteiger partial charge is 0.239 e. The second-order valence-electron chi connectivity index (χ2n) is 5.27. The molecule has 0 radical (unpaired) electrons. The van der Waals surface area contributed by atoms with E-state index >= 15 is 0 Å². The molecule has 0 fully saturated rings. The van der Waals surface area contributed by atoms with Crippen molar-refractivity contribution in [1.82, 2.24) is 9.88 Å². The maximum Gasteiger partial charge on any atom is 0.239 e. The van der Waals surface area contributed by atoms with E-state index in [1.807, 2.05) is 14.0 Å². The second-order valence-corrected chi connectivity index (χ2v) is 6.44. The molecule has 0 saturated carbocycles. The molecule has 106 valence electrons. The zero-order valence-electron chi connectivity index (χ0n) is 11.8. The molecule has 2 rings (SSSR count). The maximum absolute atomic E-state index is 12.1. The van der Waals surface area contributed by atoms with E-state index in [-0.39, 0.29) is 11.9 Å². The van der Waals surface area contributed by atoms with Crippen LogP contribution in [0.15, 0.2) is 0 Å². The second kappa shape index (κ2) is 6.48. The Kier molecular flexibility index (Phi) is 4.93. The van der Waals surface area contributed by atoms with E-state index in [1.54, 1.807) is 16.2 Å². The predicted octanol–water partition coefficient (Wildman–Crippen LogP) is 2.11. The fraction of sp³-hybridized carbons (Fsp3) is 0.714. The van der Waals surface area contributed by atoms with Crippen LogP contribution in [0.3, 0.4) is 0 Å². The Bertz CT molecular complexity index is 420. The number of aromatic nitrogens is 1. The summed E-state index contributed by atoms with van der Waals surface area (Å²) in [6.45, 7) is 2.63. The van der Waals surface area contributed by atoms with Gasteiger partial charge >= 0.3 is 0 Å². The van der Waals surface area contributed by atoms with Gasteiger partial charge in [0, 0.05) is 11.9 Å². The highest BCUT2D eigenvalue weighted by Gasteiger charge is 2.20. The lowest BCUT2D eigenvalue weighted by atomic mass is 10.0. The third-order valence-corrected chi connectivity index (χ3v) is 4.70. The van der Waals surface area contributed by atoms with Crippen LogP contribution in [0.2, 0.25) is 0 Å². The Morgan fingerprint density at radius 1 is 1.47 bits per heavy atom. The van der Waals surface area contributed by atoms with Gasteiger partial charge in [0.1, 0.15) is 5.01 Å². The number of nitrogens with zero attached hydrogens (tertiary/aromatic N) is 2. The van der Waals surface area contributed by atoms with E-state index in [2.05, 4.69) is 4.98 Å². The third-order valence-electron chi connectivity index (χ3n) is 3.56. The van der Waals surface area contributed by atoms with Crippen molar-refractivity contribution in [3.05, 3.63) is 15.6 Å². The summed E-state index contributed by atoms with van der Waals surface area (Å²) in [6, 6.07) is -0.371. The normalized spacial score (nSPS) is 15.9. The van der Waals surface area contributed by atoms with Gasteiger partial charge in [-0.3, -0.25) is 4.79 Å². The first-order valence-corrected chi connectivity index (χ1v) is 7.91. The number of hydrogen-bond donors (Lipinski definition) is 1. The average Bonchev–Trinajstić information content (AvgIpc) is 2.80. The van der Waals surface area contributed by atoms with Gasteiger partial charge in [-0.05, 0) is 32.1 Å². The average molecular weight is 281 g/mol. The number of rotatable bonds is 5. The van der Waals surface area contributed by atoms with Crippen LogP contribution in [0.5, 0.6) is 0 Å². The van der Waals surface area contributed by atoms with Crippen LogP contribution in [-0.2, 0) is 24.2 Å². The molecule has 1 atom stereocenters. The van der Waals surface area contributed by atoms with Gasteiger partial charge in [-0.2, -0.15) is 0 Å². The Labute approximate surface area is 119 Å². The molecule has 1 aliphatic rings. The number of fused-ring (bicyclic) bond motifs is 1. The molecule has 0 aromatic carbocycles. The molecule has 0 spiro atoms. The van der Waals surface area contributed by atoms with Crippen molar-refractivity contribution < 1.29 is 4.79 Å². The van der Waals surface area contributed by atoms with Crippen LogP contribution in [0, 0.1) is 0 Å². The molecule has 1 amide bonds. The summed E-state index contributed by atoms with van der Waals surface area (Å²) >= 11 is 1.76. The monoisotopic (exact) mass is 281 g/mol. The lowest BCUT2D eigenvalue weighted by molar-refractivity contribution is -0.132. The Morgan fingerprint density at radius 3 is 2.89 bits per heavy atom. The molecule has 2 N–H and O–H groups in total. The van der Waals surface area contributed by atoms with Crippen LogP contribution in [0.25, 0.3) is 0 Å². The summed E-state index contributed by atoms with van der Waals surface area (Å²) in [4.78, 5) is 19.9. The van der Waals surface area contributed by atoms with Gasteiger partial charge in [0.15, 0.2) is 0 Å². The first kappa shape index (κ1) is 14.5. The zero-order chi connectivity index (χ0) is 13.8. The number of nitrogens with two attached hydrogens (primary N) is 1. The van der Waals surface area contributed by atoms with Gasteiger partial charge in [0.05, 0.1) is 18.3 Å². The molecule has 5 heteroatoms. The van der Waals surface area contributed by atoms with Gasteiger partial charge in [-0.1, -0.05) is 13.3 Å². The number of likely N-dealkylation sites (N-methyl/N-ethyl adjacent to an activating group) is 1. The molecule has 1 aliphatic carbocycles. The van der Waals surface area contributed by atoms with Crippen molar-refractivity contribution in [1.29, 1.82) is 0 Å². The fourth-order valence-corrected chi connectivity index (χ4v) is 3.68. The Morgan fingerprint density at radius 2 is 2.21 bits per heavy atom. The summed E-state index contributed by atoms with van der Waals surface area (Å²) in [7, 11) is 1.82. The van der Waals surface area contributed by atoms with Gasteiger partial charge < -0.3 is 10.6 Å². The molecule has 4 nitrogen and oxygen atoms in total. The largest absolute Gasteiger partial charge is 0.338 e. The number of carbonyl (C=O) groups is 1. The predicted molar refractivity (Wildman–Crippen MR) is 78.1 cm³/mol. The van der Waals surface area contributed by atoms with E-state index in [0.29, 0.717) is 6.54 Å². The molecular formula is C14H23N3OS. The van der Waals surface area contributed by atoms with E-state index in [4.69, 9.17) is 5.73 Å². The van der Waals surface area contributed by atoms with Crippen LogP contribution in [-0.4, -0.2) is 28.9 Å². The Balaban J connectivity index is 1.96. The van der Waals surface area contributed by atoms with Crippen LogP contribution < -0.4 is 5.73 Å². The standard InChI is InChI=1S/C14H23N3OS/c1-3-6-10(15)14(18)17(2)9-13-16-11-7-4-5-8-12(11)19-13/h10H,3-9,15H2,1-2H3. The van der Waals surface area contributed by atoms with Crippen LogP contribution in [0.4, 0.5) is 0 Å². The molecule has 1 unspecified atom stereocenters. The number of amides is 1. The molecule has 19 heavy (non-hydrogen) atoms. The molecule has 1 heterocycles. The first-order chi connectivity index (χ1) is 9.11. The van der Waals surface area contributed by atoms with Gasteiger partial charge in [0.2, 0.25) is 5.91 Å². The van der Waals surface area contributed by atoms with Crippen LogP contribution in [0.1, 0.15) is 48.2 Å². The molecule has 0 bridgehead atoms. The van der Waals surface area contributed by atoms with Crippen molar-refractivity contribution in [2.24, 2.45) is 5.73 Å². The minimum absolute atomic E-state index is 0.0232. The Hall–Kier alpha value is -0.940. The summed E-state index contributed by atoms with van der Waals surface area (Å²) in [6.07, 6.45) is 6.44. The summed E-state index contributed by atoms with van der Waals surface area (Å²) in [5, 5.41) is 1.05. The minimum Gasteiger partial charge on any atom is -0.338 e. The summed E-state index contributed by atoms with van der Waals surface area (Å²) in [5.41, 5.74) is 7.13. The quantitative estimate of drug-likeness (QED) is 0.899. The molecular weight excluding hydrogens is 258 g/mol. The van der Waals surface area contributed by atoms with Crippen molar-refractivity contribution in [2.75, 3.05) is 7.05 Å². The third kappa shape index (κ3) is 3.54. The minimum atomic E-state index is -0.371. The van der Waals surface area contributed by atoms with E-state index in [9.17, 15) is 4.79 Å². The molecule has 1 aromatic rings. The summed E-state index contributed by atoms with van der Waals surface area (Å²) in [5.74, 6) is 0.0232. The number of thiazole rings is 1. The number of aryl methyl sites for hydroxylation is 2. The zero-order valence-corrected chi connectivity index (χ0v) is 12.6. The van der Waals surface area contributed by atoms with E-state index < -0.39 is 0 Å². The topological polar surface area (TPSA) is 59.2 Å². The number of carbonyl (C=O) groups excluding carboxylic acids is 1. The van der Waals surface area contributed by atoms with Gasteiger partial charge in [0.25, 0.3) is 0 Å². The van der Waals surface area contributed by atoms with E-state index in [0.717, 1.165) is 30.7 Å². The van der Waals surface area contributed by atoms with Crippen molar-refractivity contribution in [2.45, 2.75) is 58.0 Å². The SMILES string of the molecule is CCCC(N)C(=O)N(C)Cc1nc2c(s1)CCCC2. The molecule has 0 saturated heterocycles. The van der Waals surface area contributed by atoms with Crippen LogP contribution >= 0.6 is 11.3 Å². The summed E-state index contributed by atoms with van der Waals surface area (Å²) < 4.78 is 0. The van der Waals surface area contributed by atoms with Crippen molar-refractivity contribution >= 4 is 17.2 Å². The highest BCUT2D eigenvalue weighted by Crippen LogP contribution is 2.27. The fourth-order valence-electron chi connectivity index (χ4n) is 2.47. The highest BCUT2D eigenvalue weighted by atomic mass is 32.1. The highest BCUT2D eigenvalue weighted by molar-refractivity contribution is 7.11. The van der Waals surface area contributed by atoms with E-state index in [1.165, 1.54) is 23.4 Å². The maximum atomic E-state index is 12.1. The van der Waals surface area contributed by atoms with Crippen molar-refractivity contribution in [3.63, 3.8) is 0 Å². The van der Waals surface area contributed by atoms with Gasteiger partial charge in [-0.25, -0.2) is 4.98 Å². The lowest BCUT2D eigenvalue weighted by Crippen LogP contribution is -2.41. The van der Waals surface area contributed by atoms with Crippen molar-refractivity contribution in [3.8, 4) is 0 Å². The molecule has 1 aromatic heterocycles. The van der Waals surface area contributed by atoms with Gasteiger partial charge in [-0.15, -0.1) is 11.3 Å². The number of hydrogen-bond acceptors (Lipinski definition) is 4. The first-order valence-electron chi connectivity index (χ1n) is 7.09. The lowest BCUT2D eigenvalue weighted by Gasteiger charge is -2.19.